The number of nitrogens with zero attached hydrogens (tertiary/aromatic N) is 1. The lowest BCUT2D eigenvalue weighted by atomic mass is 10.1. The van der Waals surface area contributed by atoms with E-state index in [-0.39, 0.29) is 5.92 Å². The van der Waals surface area contributed by atoms with Crippen molar-refractivity contribution in [3.8, 4) is 6.07 Å². The minimum atomic E-state index is 0.137. The van der Waals surface area contributed by atoms with Crippen LogP contribution in [0.4, 0.5) is 0 Å². The maximum absolute atomic E-state index is 8.17. The Morgan fingerprint density at radius 3 is 2.71 bits per heavy atom. The zero-order chi connectivity index (χ0) is 5.70. The molecular weight excluding hydrogens is 86.1 g/mol. The molecule has 1 atom stereocenters. The summed E-state index contributed by atoms with van der Waals surface area (Å²) >= 11 is 0. The third kappa shape index (κ3) is 3.05. The Hall–Kier alpha value is -0.770. The van der Waals surface area contributed by atoms with Crippen LogP contribution in [0.1, 0.15) is 13.3 Å². The molecule has 0 bridgehead atoms. The first-order valence-corrected chi connectivity index (χ1v) is 2.31. The van der Waals surface area contributed by atoms with Crippen molar-refractivity contribution in [1.82, 2.24) is 0 Å². The van der Waals surface area contributed by atoms with Crippen molar-refractivity contribution in [2.75, 3.05) is 0 Å². The highest BCUT2D eigenvalue weighted by atomic mass is 14.2. The zero-order valence-electron chi connectivity index (χ0n) is 4.52. The summed E-state index contributed by atoms with van der Waals surface area (Å²) < 4.78 is 0. The van der Waals surface area contributed by atoms with Crippen LogP contribution in [0.2, 0.25) is 0 Å². The Morgan fingerprint density at radius 1 is 2.00 bits per heavy atom. The van der Waals surface area contributed by atoms with Crippen molar-refractivity contribution in [3.05, 3.63) is 12.7 Å². The van der Waals surface area contributed by atoms with E-state index in [1.807, 2.05) is 6.92 Å². The molecule has 0 saturated heterocycles. The lowest BCUT2D eigenvalue weighted by Crippen LogP contribution is -1.83. The standard InChI is InChI=1S/C6H9N/c1-3-4-6(2)5-7/h3,6H,1,4H2,2H3/t6-/m1/s1. The molecule has 0 aromatic carbocycles. The molecule has 1 heteroatoms. The van der Waals surface area contributed by atoms with Gasteiger partial charge in [0.2, 0.25) is 0 Å². The van der Waals surface area contributed by atoms with E-state index >= 15 is 0 Å². The smallest absolute Gasteiger partial charge is 0.0656 e. The van der Waals surface area contributed by atoms with Gasteiger partial charge in [-0.05, 0) is 13.3 Å². The molecule has 0 heterocycles. The molecule has 0 spiro atoms. The van der Waals surface area contributed by atoms with E-state index in [1.54, 1.807) is 6.08 Å². The van der Waals surface area contributed by atoms with Crippen molar-refractivity contribution in [3.63, 3.8) is 0 Å². The second-order valence-corrected chi connectivity index (χ2v) is 1.55. The van der Waals surface area contributed by atoms with Gasteiger partial charge in [0.25, 0.3) is 0 Å². The summed E-state index contributed by atoms with van der Waals surface area (Å²) in [5.41, 5.74) is 0. The first-order chi connectivity index (χ1) is 3.31. The summed E-state index contributed by atoms with van der Waals surface area (Å²) in [6.07, 6.45) is 2.56. The van der Waals surface area contributed by atoms with Gasteiger partial charge >= 0.3 is 0 Å². The van der Waals surface area contributed by atoms with Gasteiger partial charge in [-0.15, -0.1) is 6.58 Å². The predicted molar refractivity (Wildman–Crippen MR) is 29.6 cm³/mol. The third-order valence-electron chi connectivity index (χ3n) is 0.741. The number of rotatable bonds is 2. The van der Waals surface area contributed by atoms with Crippen LogP contribution in [-0.4, -0.2) is 0 Å². The molecule has 0 amide bonds. The highest BCUT2D eigenvalue weighted by Gasteiger charge is 1.90. The third-order valence-corrected chi connectivity index (χ3v) is 0.741. The van der Waals surface area contributed by atoms with Gasteiger partial charge in [-0.2, -0.15) is 5.26 Å². The van der Waals surface area contributed by atoms with E-state index in [4.69, 9.17) is 5.26 Å². The van der Waals surface area contributed by atoms with Crippen LogP contribution < -0.4 is 0 Å². The van der Waals surface area contributed by atoms with Crippen LogP contribution in [0.3, 0.4) is 0 Å². The summed E-state index contributed by atoms with van der Waals surface area (Å²) in [5.74, 6) is 0.137. The monoisotopic (exact) mass is 95.1 g/mol. The zero-order valence-corrected chi connectivity index (χ0v) is 4.52. The van der Waals surface area contributed by atoms with Gasteiger partial charge in [-0.25, -0.2) is 0 Å². The molecular formula is C6H9N. The van der Waals surface area contributed by atoms with Gasteiger partial charge in [0.05, 0.1) is 6.07 Å². The molecule has 0 aromatic rings. The Bertz CT molecular complexity index is 88.8. The second kappa shape index (κ2) is 3.42. The molecule has 0 saturated carbocycles. The minimum absolute atomic E-state index is 0.137. The van der Waals surface area contributed by atoms with Gasteiger partial charge in [0.15, 0.2) is 0 Å². The molecule has 0 radical (unpaired) electrons. The Kier molecular flexibility index (Phi) is 3.04. The van der Waals surface area contributed by atoms with E-state index in [9.17, 15) is 0 Å². The SMILES string of the molecule is C=CC[C@@H](C)C#N. The van der Waals surface area contributed by atoms with Crippen molar-refractivity contribution in [1.29, 1.82) is 5.26 Å². The lowest BCUT2D eigenvalue weighted by Gasteiger charge is -1.89. The topological polar surface area (TPSA) is 23.8 Å². The highest BCUT2D eigenvalue weighted by Crippen LogP contribution is 1.97. The normalized spacial score (nSPS) is 12.0. The molecule has 0 aliphatic heterocycles. The number of hydrogen-bond acceptors (Lipinski definition) is 1. The van der Waals surface area contributed by atoms with Gasteiger partial charge in [0.1, 0.15) is 0 Å². The predicted octanol–water partition coefficient (Wildman–Crippen LogP) is 1.72. The molecule has 38 valence electrons. The first-order valence-electron chi connectivity index (χ1n) is 2.31. The average molecular weight is 95.1 g/mol. The molecule has 0 aliphatic carbocycles. The van der Waals surface area contributed by atoms with Crippen LogP contribution >= 0.6 is 0 Å². The van der Waals surface area contributed by atoms with Crippen LogP contribution in [0, 0.1) is 17.2 Å². The quantitative estimate of drug-likeness (QED) is 0.479. The van der Waals surface area contributed by atoms with Gasteiger partial charge in [0, 0.05) is 5.92 Å². The summed E-state index contributed by atoms with van der Waals surface area (Å²) in [6.45, 7) is 5.37. The number of nitriles is 1. The van der Waals surface area contributed by atoms with Crippen LogP contribution in [0.5, 0.6) is 0 Å². The molecule has 0 N–H and O–H groups in total. The van der Waals surface area contributed by atoms with Crippen LogP contribution in [0.15, 0.2) is 12.7 Å². The Labute approximate surface area is 44.3 Å². The van der Waals surface area contributed by atoms with E-state index in [1.165, 1.54) is 0 Å². The summed E-state index contributed by atoms with van der Waals surface area (Å²) in [7, 11) is 0. The summed E-state index contributed by atoms with van der Waals surface area (Å²) in [4.78, 5) is 0. The molecule has 7 heavy (non-hydrogen) atoms. The van der Waals surface area contributed by atoms with Crippen LogP contribution in [0.25, 0.3) is 0 Å². The Balaban J connectivity index is 3.21. The largest absolute Gasteiger partial charge is 0.198 e. The van der Waals surface area contributed by atoms with E-state index in [0.717, 1.165) is 6.42 Å². The van der Waals surface area contributed by atoms with Crippen molar-refractivity contribution in [2.45, 2.75) is 13.3 Å². The molecule has 0 rings (SSSR count). The highest BCUT2D eigenvalue weighted by molar-refractivity contribution is 4.84. The fourth-order valence-electron chi connectivity index (χ4n) is 0.303. The molecule has 0 unspecified atom stereocenters. The Morgan fingerprint density at radius 2 is 2.57 bits per heavy atom. The van der Waals surface area contributed by atoms with E-state index < -0.39 is 0 Å². The van der Waals surface area contributed by atoms with Crippen molar-refractivity contribution in [2.24, 2.45) is 5.92 Å². The van der Waals surface area contributed by atoms with Crippen molar-refractivity contribution < 1.29 is 0 Å². The number of allylic oxidation sites excluding steroid dienone is 1. The van der Waals surface area contributed by atoms with E-state index in [0.29, 0.717) is 0 Å². The fraction of sp³-hybridized carbons (Fsp3) is 0.500. The minimum Gasteiger partial charge on any atom is -0.198 e. The molecule has 0 aliphatic rings. The maximum Gasteiger partial charge on any atom is 0.0656 e. The van der Waals surface area contributed by atoms with Gasteiger partial charge < -0.3 is 0 Å². The van der Waals surface area contributed by atoms with Gasteiger partial charge in [-0.3, -0.25) is 0 Å². The second-order valence-electron chi connectivity index (χ2n) is 1.55. The fourth-order valence-corrected chi connectivity index (χ4v) is 0.303. The van der Waals surface area contributed by atoms with Crippen LogP contribution in [-0.2, 0) is 0 Å². The lowest BCUT2D eigenvalue weighted by molar-refractivity contribution is 0.762. The average Bonchev–Trinajstić information content (AvgIpc) is 1.68. The molecule has 0 fully saturated rings. The van der Waals surface area contributed by atoms with Gasteiger partial charge in [-0.1, -0.05) is 6.08 Å². The maximum atomic E-state index is 8.17. The first kappa shape index (κ1) is 6.23. The van der Waals surface area contributed by atoms with Crippen molar-refractivity contribution >= 4 is 0 Å². The summed E-state index contributed by atoms with van der Waals surface area (Å²) in [5, 5.41) is 8.17. The molecule has 1 nitrogen and oxygen atoms in total. The van der Waals surface area contributed by atoms with E-state index in [2.05, 4.69) is 12.6 Å². The molecule has 0 aromatic heterocycles. The summed E-state index contributed by atoms with van der Waals surface area (Å²) in [6, 6.07) is 2.09. The number of hydrogen-bond donors (Lipinski definition) is 0.